The number of ether oxygens (including phenoxy) is 2. The first-order valence-electron chi connectivity index (χ1n) is 7.00. The summed E-state index contributed by atoms with van der Waals surface area (Å²) in [5.74, 6) is -0.410. The van der Waals surface area contributed by atoms with E-state index in [2.05, 4.69) is 6.92 Å². The summed E-state index contributed by atoms with van der Waals surface area (Å²) in [6.07, 6.45) is -3.06. The summed E-state index contributed by atoms with van der Waals surface area (Å²) in [5, 5.41) is 37.7. The lowest BCUT2D eigenvalue weighted by atomic mass is 9.99. The van der Waals surface area contributed by atoms with Gasteiger partial charge in [-0.3, -0.25) is 4.79 Å². The van der Waals surface area contributed by atoms with Crippen molar-refractivity contribution in [2.24, 2.45) is 0 Å². The third kappa shape index (κ3) is 4.99. The number of aliphatic hydroxyl groups is 4. The minimum Gasteiger partial charge on any atom is -0.463 e. The van der Waals surface area contributed by atoms with Crippen molar-refractivity contribution in [3.05, 3.63) is 0 Å². The quantitative estimate of drug-likeness (QED) is 0.362. The molecule has 1 aliphatic heterocycles. The zero-order chi connectivity index (χ0) is 15.1. The molecule has 0 spiro atoms. The van der Waals surface area contributed by atoms with Gasteiger partial charge in [0.05, 0.1) is 0 Å². The van der Waals surface area contributed by atoms with Crippen LogP contribution in [0.2, 0.25) is 0 Å². The van der Waals surface area contributed by atoms with Gasteiger partial charge in [0.1, 0.15) is 31.0 Å². The number of rotatable bonds is 7. The summed E-state index contributed by atoms with van der Waals surface area (Å²) in [7, 11) is 0. The topological polar surface area (TPSA) is 116 Å². The second-order valence-electron chi connectivity index (χ2n) is 5.03. The van der Waals surface area contributed by atoms with Gasteiger partial charge in [-0.05, 0) is 6.42 Å². The Morgan fingerprint density at radius 2 is 1.75 bits per heavy atom. The Morgan fingerprint density at radius 1 is 1.05 bits per heavy atom. The summed E-state index contributed by atoms with van der Waals surface area (Å²) < 4.78 is 9.83. The van der Waals surface area contributed by atoms with Gasteiger partial charge in [-0.15, -0.1) is 0 Å². The summed E-state index contributed by atoms with van der Waals surface area (Å²) in [6.45, 7) is 1.81. The van der Waals surface area contributed by atoms with Gasteiger partial charge in [0.2, 0.25) is 0 Å². The largest absolute Gasteiger partial charge is 0.463 e. The maximum absolute atomic E-state index is 11.4. The van der Waals surface area contributed by atoms with Crippen LogP contribution in [0.4, 0.5) is 0 Å². The van der Waals surface area contributed by atoms with Crippen LogP contribution in [0.5, 0.6) is 0 Å². The van der Waals surface area contributed by atoms with Crippen molar-refractivity contribution in [2.45, 2.75) is 69.7 Å². The van der Waals surface area contributed by atoms with Gasteiger partial charge < -0.3 is 29.9 Å². The van der Waals surface area contributed by atoms with Crippen molar-refractivity contribution in [1.82, 2.24) is 0 Å². The molecule has 0 amide bonds. The Morgan fingerprint density at radius 3 is 2.40 bits per heavy atom. The average Bonchev–Trinajstić information content (AvgIpc) is 2.43. The van der Waals surface area contributed by atoms with Crippen molar-refractivity contribution in [1.29, 1.82) is 0 Å². The normalized spacial score (nSPS) is 34.0. The van der Waals surface area contributed by atoms with Gasteiger partial charge in [-0.25, -0.2) is 0 Å². The number of esters is 1. The zero-order valence-electron chi connectivity index (χ0n) is 11.6. The van der Waals surface area contributed by atoms with Crippen molar-refractivity contribution in [3.8, 4) is 0 Å². The fraction of sp³-hybridized carbons (Fsp3) is 0.923. The molecule has 7 heteroatoms. The molecule has 7 nitrogen and oxygen atoms in total. The second-order valence-corrected chi connectivity index (χ2v) is 5.03. The van der Waals surface area contributed by atoms with Crippen molar-refractivity contribution in [3.63, 3.8) is 0 Å². The van der Waals surface area contributed by atoms with Gasteiger partial charge in [0.25, 0.3) is 0 Å². The smallest absolute Gasteiger partial charge is 0.305 e. The minimum absolute atomic E-state index is 0.269. The van der Waals surface area contributed by atoms with Gasteiger partial charge in [0.15, 0.2) is 6.29 Å². The zero-order valence-corrected chi connectivity index (χ0v) is 11.6. The van der Waals surface area contributed by atoms with Crippen LogP contribution < -0.4 is 0 Å². The maximum Gasteiger partial charge on any atom is 0.305 e. The van der Waals surface area contributed by atoms with Crippen LogP contribution in [0.15, 0.2) is 0 Å². The minimum atomic E-state index is -1.61. The van der Waals surface area contributed by atoms with E-state index >= 15 is 0 Å². The molecule has 1 aliphatic rings. The highest BCUT2D eigenvalue weighted by molar-refractivity contribution is 5.69. The molecule has 1 fully saturated rings. The Kier molecular flexibility index (Phi) is 7.39. The standard InChI is InChI=1S/C13H24O7/c1-2-3-4-5-6-9(14)19-7-8-10(15)11(16)12(17)13(18)20-8/h8,10-13,15-18H,2-7H2,1H3/t8-,10-,11+,12-,13?/m1/s1. The number of unbranched alkanes of at least 4 members (excludes halogenated alkanes) is 3. The molecule has 0 aromatic carbocycles. The van der Waals surface area contributed by atoms with E-state index in [-0.39, 0.29) is 13.0 Å². The lowest BCUT2D eigenvalue weighted by Crippen LogP contribution is -2.58. The Hall–Kier alpha value is -0.730. The SMILES string of the molecule is CCCCCCC(=O)OC[C@H]1OC(O)[C@H](O)[C@@H](O)[C@@H]1O. The predicted molar refractivity (Wildman–Crippen MR) is 68.6 cm³/mol. The van der Waals surface area contributed by atoms with E-state index in [1.165, 1.54) is 0 Å². The Balaban J connectivity index is 2.28. The summed E-state index contributed by atoms with van der Waals surface area (Å²) in [5.41, 5.74) is 0. The summed E-state index contributed by atoms with van der Waals surface area (Å²) in [4.78, 5) is 11.4. The number of carbonyl (C=O) groups is 1. The molecule has 0 saturated carbocycles. The van der Waals surface area contributed by atoms with Crippen molar-refractivity contribution < 1.29 is 34.7 Å². The first-order chi connectivity index (χ1) is 9.47. The van der Waals surface area contributed by atoms with Gasteiger partial charge >= 0.3 is 5.97 Å². The maximum atomic E-state index is 11.4. The molecule has 1 heterocycles. The third-order valence-electron chi connectivity index (χ3n) is 3.33. The molecule has 0 aliphatic carbocycles. The summed E-state index contributed by atoms with van der Waals surface area (Å²) >= 11 is 0. The van der Waals surface area contributed by atoms with Crippen molar-refractivity contribution >= 4 is 5.97 Å². The Labute approximate surface area is 118 Å². The number of hydrogen-bond acceptors (Lipinski definition) is 7. The molecule has 0 bridgehead atoms. The third-order valence-corrected chi connectivity index (χ3v) is 3.33. The van der Waals surface area contributed by atoms with E-state index in [0.717, 1.165) is 25.7 Å². The van der Waals surface area contributed by atoms with E-state index in [4.69, 9.17) is 9.47 Å². The molecule has 118 valence electrons. The van der Waals surface area contributed by atoms with Crippen molar-refractivity contribution in [2.75, 3.05) is 6.61 Å². The summed E-state index contributed by atoms with van der Waals surface area (Å²) in [6, 6.07) is 0. The highest BCUT2D eigenvalue weighted by Gasteiger charge is 2.43. The number of aliphatic hydroxyl groups excluding tert-OH is 4. The monoisotopic (exact) mass is 292 g/mol. The molecular weight excluding hydrogens is 268 g/mol. The lowest BCUT2D eigenvalue weighted by Gasteiger charge is -2.37. The molecule has 1 saturated heterocycles. The average molecular weight is 292 g/mol. The predicted octanol–water partition coefficient (Wildman–Crippen LogP) is -0.700. The second kappa shape index (κ2) is 8.53. The molecule has 20 heavy (non-hydrogen) atoms. The fourth-order valence-electron chi connectivity index (χ4n) is 2.01. The highest BCUT2D eigenvalue weighted by atomic mass is 16.6. The molecule has 1 rings (SSSR count). The molecular formula is C13H24O7. The van der Waals surface area contributed by atoms with E-state index in [9.17, 15) is 25.2 Å². The first-order valence-corrected chi connectivity index (χ1v) is 7.00. The fourth-order valence-corrected chi connectivity index (χ4v) is 2.01. The van der Waals surface area contributed by atoms with E-state index < -0.39 is 36.7 Å². The highest BCUT2D eigenvalue weighted by Crippen LogP contribution is 2.20. The van der Waals surface area contributed by atoms with Gasteiger partial charge in [0, 0.05) is 6.42 Å². The first kappa shape index (κ1) is 17.3. The van der Waals surface area contributed by atoms with Gasteiger partial charge in [-0.1, -0.05) is 26.2 Å². The molecule has 1 unspecified atom stereocenters. The molecule has 0 aromatic heterocycles. The lowest BCUT2D eigenvalue weighted by molar-refractivity contribution is -0.287. The van der Waals surface area contributed by atoms with E-state index in [0.29, 0.717) is 0 Å². The Bertz CT molecular complexity index is 296. The van der Waals surface area contributed by atoms with Crippen LogP contribution in [-0.2, 0) is 14.3 Å². The van der Waals surface area contributed by atoms with Crippen LogP contribution in [0.25, 0.3) is 0 Å². The van der Waals surface area contributed by atoms with Gasteiger partial charge in [-0.2, -0.15) is 0 Å². The molecule has 0 aromatic rings. The molecule has 4 N–H and O–H groups in total. The van der Waals surface area contributed by atoms with E-state index in [1.807, 2.05) is 0 Å². The number of carbonyl (C=O) groups excluding carboxylic acids is 1. The van der Waals surface area contributed by atoms with Crippen LogP contribution in [-0.4, -0.2) is 63.7 Å². The van der Waals surface area contributed by atoms with Crippen LogP contribution in [0.1, 0.15) is 39.0 Å². The van der Waals surface area contributed by atoms with Crippen LogP contribution >= 0.6 is 0 Å². The molecule has 5 atom stereocenters. The number of hydrogen-bond donors (Lipinski definition) is 4. The molecule has 0 radical (unpaired) electrons. The van der Waals surface area contributed by atoms with E-state index in [1.54, 1.807) is 0 Å². The van der Waals surface area contributed by atoms with Crippen LogP contribution in [0.3, 0.4) is 0 Å². The van der Waals surface area contributed by atoms with Crippen LogP contribution in [0, 0.1) is 0 Å².